The number of aryl methyl sites for hydroxylation is 1. The molecule has 0 aliphatic heterocycles. The van der Waals surface area contributed by atoms with E-state index in [2.05, 4.69) is 10.3 Å². The molecular weight excluding hydrogens is 586 g/mol. The number of amides is 1. The van der Waals surface area contributed by atoms with Gasteiger partial charge >= 0.3 is 18.0 Å². The molecule has 0 spiro atoms. The highest BCUT2D eigenvalue weighted by molar-refractivity contribution is 6.00. The van der Waals surface area contributed by atoms with Crippen LogP contribution in [0.1, 0.15) is 70.7 Å². The van der Waals surface area contributed by atoms with E-state index in [1.165, 1.54) is 0 Å². The monoisotopic (exact) mass is 627 g/mol. The summed E-state index contributed by atoms with van der Waals surface area (Å²) in [7, 11) is 0. The molecule has 10 heteroatoms. The molecule has 4 rings (SSSR count). The van der Waals surface area contributed by atoms with Gasteiger partial charge in [0.25, 0.3) is 0 Å². The number of carbonyl (C=O) groups excluding carboxylic acids is 2. The summed E-state index contributed by atoms with van der Waals surface area (Å²) < 4.78 is 10.9. The number of pyridine rings is 1. The van der Waals surface area contributed by atoms with E-state index in [0.717, 1.165) is 16.2 Å². The summed E-state index contributed by atoms with van der Waals surface area (Å²) in [6.45, 7) is 11.0. The quantitative estimate of drug-likeness (QED) is 0.127. The van der Waals surface area contributed by atoms with Gasteiger partial charge in [-0.3, -0.25) is 9.63 Å². The summed E-state index contributed by atoms with van der Waals surface area (Å²) >= 11 is 0. The van der Waals surface area contributed by atoms with Gasteiger partial charge in [-0.1, -0.05) is 54.6 Å². The van der Waals surface area contributed by atoms with Crippen LogP contribution in [0, 0.1) is 0 Å². The van der Waals surface area contributed by atoms with Crippen molar-refractivity contribution in [3.05, 3.63) is 102 Å². The van der Waals surface area contributed by atoms with E-state index in [0.29, 0.717) is 28.4 Å². The minimum absolute atomic E-state index is 0.215. The number of carboxylic acids is 1. The molecule has 0 saturated heterocycles. The molecule has 4 aromatic rings. The molecule has 1 aromatic heterocycles. The summed E-state index contributed by atoms with van der Waals surface area (Å²) in [5.74, 6) is -1.10. The third-order valence-corrected chi connectivity index (χ3v) is 6.59. The van der Waals surface area contributed by atoms with Gasteiger partial charge in [0, 0.05) is 23.7 Å². The fourth-order valence-corrected chi connectivity index (χ4v) is 4.55. The number of ether oxygens (including phenoxy) is 2. The number of benzene rings is 3. The average Bonchev–Trinajstić information content (AvgIpc) is 2.99. The third-order valence-electron chi connectivity index (χ3n) is 6.59. The number of esters is 1. The molecule has 1 atom stereocenters. The molecule has 3 aromatic carbocycles. The molecule has 10 nitrogen and oxygen atoms in total. The highest BCUT2D eigenvalue weighted by atomic mass is 16.7. The Kier molecular flexibility index (Phi) is 10.6. The van der Waals surface area contributed by atoms with E-state index < -0.39 is 29.3 Å². The first-order valence-electron chi connectivity index (χ1n) is 15.1. The molecule has 242 valence electrons. The summed E-state index contributed by atoms with van der Waals surface area (Å²) in [6.07, 6.45) is 1.53. The first-order chi connectivity index (χ1) is 21.7. The molecule has 46 heavy (non-hydrogen) atoms. The second-order valence-corrected chi connectivity index (χ2v) is 12.9. The van der Waals surface area contributed by atoms with Crippen LogP contribution in [0.3, 0.4) is 0 Å². The Hall–Kier alpha value is -4.96. The number of nitrogens with one attached hydrogen (secondary N) is 1. The summed E-state index contributed by atoms with van der Waals surface area (Å²) in [5.41, 5.74) is 1.45. The van der Waals surface area contributed by atoms with Crippen LogP contribution in [-0.4, -0.2) is 39.3 Å². The number of nitrogens with zero attached hydrogens (tertiary/aromatic N) is 2. The van der Waals surface area contributed by atoms with E-state index in [1.54, 1.807) is 63.4 Å². The number of carbonyl (C=O) groups is 3. The first kappa shape index (κ1) is 33.9. The number of aliphatic carboxylic acids is 1. The summed E-state index contributed by atoms with van der Waals surface area (Å²) in [4.78, 5) is 48.1. The summed E-state index contributed by atoms with van der Waals surface area (Å²) in [6, 6.07) is 22.6. The number of fused-ring (bicyclic) bond motifs is 1. The fourth-order valence-electron chi connectivity index (χ4n) is 4.55. The van der Waals surface area contributed by atoms with E-state index >= 15 is 0 Å². The topological polar surface area (TPSA) is 127 Å². The molecular formula is C36H41N3O7. The van der Waals surface area contributed by atoms with Crippen molar-refractivity contribution in [1.82, 2.24) is 4.98 Å². The van der Waals surface area contributed by atoms with Crippen molar-refractivity contribution in [2.75, 3.05) is 10.4 Å². The Balaban J connectivity index is 1.47. The molecule has 1 heterocycles. The molecule has 0 bridgehead atoms. The zero-order valence-corrected chi connectivity index (χ0v) is 27.1. The van der Waals surface area contributed by atoms with Crippen LogP contribution >= 0.6 is 0 Å². The molecule has 0 aliphatic rings. The zero-order valence-electron chi connectivity index (χ0n) is 27.1. The van der Waals surface area contributed by atoms with Gasteiger partial charge in [-0.15, -0.1) is 5.06 Å². The maximum absolute atomic E-state index is 13.1. The second-order valence-electron chi connectivity index (χ2n) is 12.9. The SMILES string of the molecule is CC(C)(C)OC(=O)N(OC(C)(C)C)c1nccc2cc(NC(C(=O)O)c3ccc(CCC(=O)OCc4ccccc4)cc3)ccc12. The van der Waals surface area contributed by atoms with Crippen molar-refractivity contribution >= 4 is 40.3 Å². The molecule has 0 radical (unpaired) electrons. The largest absolute Gasteiger partial charge is 0.479 e. The molecule has 0 aliphatic carbocycles. The normalized spacial score (nSPS) is 12.3. The van der Waals surface area contributed by atoms with Gasteiger partial charge < -0.3 is 19.9 Å². The molecule has 2 N–H and O–H groups in total. The van der Waals surface area contributed by atoms with Crippen LogP contribution in [0.5, 0.6) is 0 Å². The molecule has 1 unspecified atom stereocenters. The minimum Gasteiger partial charge on any atom is -0.479 e. The van der Waals surface area contributed by atoms with Gasteiger partial charge in [0.05, 0.1) is 5.60 Å². The van der Waals surface area contributed by atoms with Crippen molar-refractivity contribution in [2.45, 2.75) is 78.2 Å². The van der Waals surface area contributed by atoms with Gasteiger partial charge in [0.1, 0.15) is 12.2 Å². The lowest BCUT2D eigenvalue weighted by molar-refractivity contribution is -0.145. The number of aromatic nitrogens is 1. The number of hydrogen-bond donors (Lipinski definition) is 2. The van der Waals surface area contributed by atoms with Crippen LogP contribution in [0.15, 0.2) is 85.1 Å². The van der Waals surface area contributed by atoms with E-state index in [9.17, 15) is 19.5 Å². The Labute approximate surface area is 269 Å². The Morgan fingerprint density at radius 1 is 0.870 bits per heavy atom. The minimum atomic E-state index is -1.05. The molecule has 0 fully saturated rings. The number of hydrogen-bond acceptors (Lipinski definition) is 8. The molecule has 1 amide bonds. The standard InChI is InChI=1S/C36H41N3O7/c1-35(2,3)45-34(43)39(46-36(4,5)6)32-29-18-17-28(22-27(29)20-21-37-32)38-31(33(41)42)26-15-12-24(13-16-26)14-19-30(40)44-23-25-10-8-7-9-11-25/h7-13,15-18,20-22,31,38H,14,19,23H2,1-6H3,(H,41,42). The van der Waals surface area contributed by atoms with Crippen molar-refractivity contribution in [1.29, 1.82) is 0 Å². The second kappa shape index (κ2) is 14.4. The number of rotatable bonds is 11. The van der Waals surface area contributed by atoms with Crippen LogP contribution in [0.25, 0.3) is 10.8 Å². The fraction of sp³-hybridized carbons (Fsp3) is 0.333. The van der Waals surface area contributed by atoms with E-state index in [1.807, 2.05) is 63.2 Å². The lowest BCUT2D eigenvalue weighted by atomic mass is 10.0. The van der Waals surface area contributed by atoms with Gasteiger partial charge in [-0.25, -0.2) is 14.6 Å². The van der Waals surface area contributed by atoms with Crippen LogP contribution in [0.4, 0.5) is 16.3 Å². The maximum Gasteiger partial charge on any atom is 0.440 e. The van der Waals surface area contributed by atoms with Gasteiger partial charge in [0.15, 0.2) is 11.9 Å². The number of carboxylic acid groups (broad SMARTS) is 1. The number of hydroxylamine groups is 1. The number of anilines is 2. The Bertz CT molecular complexity index is 1660. The van der Waals surface area contributed by atoms with Gasteiger partial charge in [-0.05, 0) is 94.3 Å². The lowest BCUT2D eigenvalue weighted by Crippen LogP contribution is -2.42. The van der Waals surface area contributed by atoms with Gasteiger partial charge in [0.2, 0.25) is 0 Å². The maximum atomic E-state index is 13.1. The van der Waals surface area contributed by atoms with Crippen molar-refractivity contribution in [3.63, 3.8) is 0 Å². The van der Waals surface area contributed by atoms with E-state index in [-0.39, 0.29) is 24.8 Å². The highest BCUT2D eigenvalue weighted by Crippen LogP contribution is 2.31. The van der Waals surface area contributed by atoms with Gasteiger partial charge in [-0.2, -0.15) is 0 Å². The lowest BCUT2D eigenvalue weighted by Gasteiger charge is -2.31. The van der Waals surface area contributed by atoms with Crippen molar-refractivity contribution in [2.24, 2.45) is 0 Å². The average molecular weight is 628 g/mol. The highest BCUT2D eigenvalue weighted by Gasteiger charge is 2.31. The Morgan fingerprint density at radius 3 is 2.20 bits per heavy atom. The van der Waals surface area contributed by atoms with Crippen LogP contribution in [0.2, 0.25) is 0 Å². The van der Waals surface area contributed by atoms with Crippen LogP contribution in [-0.2, 0) is 36.9 Å². The zero-order chi connectivity index (χ0) is 33.5. The van der Waals surface area contributed by atoms with Crippen molar-refractivity contribution < 1.29 is 33.8 Å². The predicted molar refractivity (Wildman–Crippen MR) is 176 cm³/mol. The molecule has 0 saturated carbocycles. The smallest absolute Gasteiger partial charge is 0.440 e. The summed E-state index contributed by atoms with van der Waals surface area (Å²) in [5, 5.41) is 15.6. The third kappa shape index (κ3) is 9.77. The van der Waals surface area contributed by atoms with E-state index in [4.69, 9.17) is 14.3 Å². The first-order valence-corrected chi connectivity index (χ1v) is 15.1. The van der Waals surface area contributed by atoms with Crippen molar-refractivity contribution in [3.8, 4) is 0 Å². The Morgan fingerprint density at radius 2 is 1.57 bits per heavy atom. The predicted octanol–water partition coefficient (Wildman–Crippen LogP) is 7.62. The van der Waals surface area contributed by atoms with Crippen LogP contribution < -0.4 is 10.4 Å².